The number of imide groups is 1. The molecule has 2 fully saturated rings. The van der Waals surface area contributed by atoms with E-state index in [-0.39, 0.29) is 16.7 Å². The first-order valence-electron chi connectivity index (χ1n) is 11.7. The average molecular weight is 575 g/mol. The number of halogens is 2. The fourth-order valence-corrected chi connectivity index (χ4v) is 7.35. The Hall–Kier alpha value is -3.19. The zero-order valence-corrected chi connectivity index (χ0v) is 22.3. The van der Waals surface area contributed by atoms with Crippen molar-refractivity contribution in [2.24, 2.45) is 0 Å². The van der Waals surface area contributed by atoms with Crippen LogP contribution in [0.4, 0.5) is 14.9 Å². The lowest BCUT2D eigenvalue weighted by Crippen LogP contribution is -2.60. The average Bonchev–Trinajstić information content (AvgIpc) is 3.54. The molecule has 2 aromatic heterocycles. The minimum Gasteiger partial charge on any atom is -0.494 e. The van der Waals surface area contributed by atoms with Gasteiger partial charge in [0.2, 0.25) is 0 Å². The molecule has 13 heteroatoms. The number of pyridine rings is 1. The number of amides is 4. The number of hydrogen-bond acceptors (Lipinski definition) is 8. The number of rotatable bonds is 4. The van der Waals surface area contributed by atoms with E-state index >= 15 is 0 Å². The van der Waals surface area contributed by atoms with Crippen molar-refractivity contribution in [2.75, 3.05) is 38.3 Å². The lowest BCUT2D eigenvalue weighted by atomic mass is 10.1. The fourth-order valence-electron chi connectivity index (χ4n) is 4.65. The molecule has 38 heavy (non-hydrogen) atoms. The van der Waals surface area contributed by atoms with Crippen LogP contribution in [-0.4, -0.2) is 72.4 Å². The Bertz CT molecular complexity index is 1520. The van der Waals surface area contributed by atoms with Crippen molar-refractivity contribution < 1.29 is 28.2 Å². The number of nitrogens with zero attached hydrogens (tertiary/aromatic N) is 3. The van der Waals surface area contributed by atoms with Gasteiger partial charge in [0.1, 0.15) is 5.25 Å². The van der Waals surface area contributed by atoms with Gasteiger partial charge >= 0.3 is 6.03 Å². The maximum atomic E-state index is 14.1. The summed E-state index contributed by atoms with van der Waals surface area (Å²) < 4.78 is 25.1. The van der Waals surface area contributed by atoms with Crippen LogP contribution in [0.5, 0.6) is 5.75 Å². The van der Waals surface area contributed by atoms with E-state index in [1.807, 2.05) is 0 Å². The number of methoxy groups -OCH3 is 1. The first-order valence-corrected chi connectivity index (χ1v) is 13.7. The maximum Gasteiger partial charge on any atom is 0.329 e. The third-order valence-corrected chi connectivity index (χ3v) is 9.36. The van der Waals surface area contributed by atoms with E-state index in [4.69, 9.17) is 21.1 Å². The van der Waals surface area contributed by atoms with Crippen molar-refractivity contribution in [1.82, 2.24) is 15.2 Å². The van der Waals surface area contributed by atoms with E-state index in [2.05, 4.69) is 10.3 Å². The molecular weight excluding hydrogens is 555 g/mol. The second-order valence-electron chi connectivity index (χ2n) is 8.78. The molecule has 2 atom stereocenters. The van der Waals surface area contributed by atoms with Gasteiger partial charge < -0.3 is 19.7 Å². The number of anilines is 1. The summed E-state index contributed by atoms with van der Waals surface area (Å²) in [6.45, 7) is 1.98. The molecule has 9 nitrogen and oxygen atoms in total. The van der Waals surface area contributed by atoms with Crippen LogP contribution in [0, 0.1) is 5.82 Å². The topological polar surface area (TPSA) is 101 Å². The molecule has 1 aromatic carbocycles. The third-order valence-electron chi connectivity index (χ3n) is 6.53. The summed E-state index contributed by atoms with van der Waals surface area (Å²) in [4.78, 5) is 48.1. The van der Waals surface area contributed by atoms with Gasteiger partial charge in [-0.05, 0) is 24.3 Å². The Morgan fingerprint density at radius 3 is 2.79 bits per heavy atom. The van der Waals surface area contributed by atoms with Crippen molar-refractivity contribution in [2.45, 2.75) is 11.3 Å². The predicted octanol–water partition coefficient (Wildman–Crippen LogP) is 4.15. The van der Waals surface area contributed by atoms with E-state index in [1.165, 1.54) is 42.5 Å². The number of morpholine rings is 1. The maximum absolute atomic E-state index is 14.1. The number of carbonyl (C=O) groups is 3. The van der Waals surface area contributed by atoms with Crippen molar-refractivity contribution in [3.8, 4) is 5.75 Å². The van der Waals surface area contributed by atoms with Crippen LogP contribution in [0.15, 0.2) is 36.7 Å². The number of nitrogens with one attached hydrogen (secondary N) is 1. The highest BCUT2D eigenvalue weighted by molar-refractivity contribution is 8.09. The molecule has 3 aromatic rings. The molecule has 6 rings (SSSR count). The van der Waals surface area contributed by atoms with E-state index in [1.54, 1.807) is 23.2 Å². The largest absolute Gasteiger partial charge is 0.494 e. The fraction of sp³-hybridized carbons (Fsp3) is 0.280. The molecule has 0 spiro atoms. The summed E-state index contributed by atoms with van der Waals surface area (Å²) in [6.07, 6.45) is 4.80. The first kappa shape index (κ1) is 25.1. The molecule has 3 aliphatic rings. The molecule has 3 aliphatic heterocycles. The number of fused-ring (bicyclic) bond motifs is 2. The van der Waals surface area contributed by atoms with Crippen LogP contribution in [0.3, 0.4) is 0 Å². The number of thioether (sulfide) groups is 1. The lowest BCUT2D eigenvalue weighted by Gasteiger charge is -2.33. The highest BCUT2D eigenvalue weighted by Crippen LogP contribution is 2.46. The van der Waals surface area contributed by atoms with Crippen molar-refractivity contribution in [3.05, 3.63) is 57.9 Å². The minimum absolute atomic E-state index is 0.0237. The van der Waals surface area contributed by atoms with Crippen molar-refractivity contribution in [3.63, 3.8) is 0 Å². The molecule has 0 saturated carbocycles. The summed E-state index contributed by atoms with van der Waals surface area (Å²) in [7, 11) is 1.35. The molecule has 4 amide bonds. The predicted molar refractivity (Wildman–Crippen MR) is 143 cm³/mol. The van der Waals surface area contributed by atoms with Gasteiger partial charge in [-0.2, -0.15) is 0 Å². The van der Waals surface area contributed by atoms with E-state index in [9.17, 15) is 18.8 Å². The number of urea groups is 1. The Kier molecular flexibility index (Phi) is 6.50. The summed E-state index contributed by atoms with van der Waals surface area (Å²) >= 11 is 8.75. The van der Waals surface area contributed by atoms with E-state index < -0.39 is 29.0 Å². The number of thiophene rings is 1. The highest BCUT2D eigenvalue weighted by Gasteiger charge is 2.46. The number of hydrogen-bond donors (Lipinski definition) is 1. The summed E-state index contributed by atoms with van der Waals surface area (Å²) in [5, 5.41) is 3.03. The molecule has 5 heterocycles. The number of aromatic nitrogens is 1. The quantitative estimate of drug-likeness (QED) is 0.499. The standard InChI is InChI=1S/C25H20ClFN4O5S2/c1-35-18-7-13(14(26)8-15(18)27)19-9-16-22(37-19)24(33)31(25(34)29-16)17-11-28-10-12-6-20(38-21(12)17)23(32)30-2-4-36-5-3-30/h6-11,16,22H,2-5H2,1H3,(H,29,34). The summed E-state index contributed by atoms with van der Waals surface area (Å²) in [5.41, 5.74) is 0.816. The summed E-state index contributed by atoms with van der Waals surface area (Å²) in [5.74, 6) is -1.12. The Morgan fingerprint density at radius 2 is 2.03 bits per heavy atom. The highest BCUT2D eigenvalue weighted by atomic mass is 35.5. The van der Waals surface area contributed by atoms with Crippen LogP contribution < -0.4 is 15.0 Å². The molecule has 2 unspecified atom stereocenters. The normalized spacial score (nSPS) is 21.4. The minimum atomic E-state index is -0.667. The van der Waals surface area contributed by atoms with E-state index in [0.29, 0.717) is 57.4 Å². The molecule has 2 saturated heterocycles. The molecule has 1 N–H and O–H groups in total. The Labute approximate surface area is 229 Å². The van der Waals surface area contributed by atoms with Gasteiger partial charge in [0.15, 0.2) is 11.6 Å². The second kappa shape index (κ2) is 9.84. The SMILES string of the molecule is COc1cc(C2=CC3NC(=O)N(c4cncc5cc(C(=O)N6CCOCC6)sc45)C(=O)C3S2)c(Cl)cc1F. The van der Waals surface area contributed by atoms with Crippen LogP contribution in [0.2, 0.25) is 5.02 Å². The van der Waals surface area contributed by atoms with Crippen molar-refractivity contribution in [1.29, 1.82) is 0 Å². The molecule has 196 valence electrons. The Balaban J connectivity index is 1.30. The monoisotopic (exact) mass is 574 g/mol. The van der Waals surface area contributed by atoms with Gasteiger partial charge in [0.05, 0.1) is 52.8 Å². The molecule has 0 aliphatic carbocycles. The van der Waals surface area contributed by atoms with Crippen molar-refractivity contribution >= 4 is 73.2 Å². The van der Waals surface area contributed by atoms with E-state index in [0.717, 1.165) is 11.0 Å². The van der Waals surface area contributed by atoms with Crippen LogP contribution >= 0.6 is 34.7 Å². The lowest BCUT2D eigenvalue weighted by molar-refractivity contribution is -0.118. The zero-order chi connectivity index (χ0) is 26.6. The van der Waals surface area contributed by atoms with Crippen LogP contribution in [-0.2, 0) is 9.53 Å². The van der Waals surface area contributed by atoms with Gasteiger partial charge in [-0.25, -0.2) is 14.1 Å². The third kappa shape index (κ3) is 4.21. The van der Waals surface area contributed by atoms with Gasteiger partial charge in [-0.15, -0.1) is 23.1 Å². The van der Waals surface area contributed by atoms with Gasteiger partial charge in [-0.3, -0.25) is 14.6 Å². The molecule has 0 radical (unpaired) electrons. The van der Waals surface area contributed by atoms with Crippen LogP contribution in [0.25, 0.3) is 15.0 Å². The summed E-state index contributed by atoms with van der Waals surface area (Å²) in [6, 6.07) is 3.19. The zero-order valence-electron chi connectivity index (χ0n) is 19.9. The smallest absolute Gasteiger partial charge is 0.329 e. The van der Waals surface area contributed by atoms with Gasteiger partial charge in [0.25, 0.3) is 11.8 Å². The number of ether oxygens (including phenoxy) is 2. The first-order chi connectivity index (χ1) is 18.4. The number of carbonyl (C=O) groups excluding carboxylic acids is 3. The second-order valence-corrected chi connectivity index (χ2v) is 11.4. The Morgan fingerprint density at radius 1 is 1.24 bits per heavy atom. The van der Waals surface area contributed by atoms with Crippen LogP contribution in [0.1, 0.15) is 15.2 Å². The van der Waals surface area contributed by atoms with Gasteiger partial charge in [0, 0.05) is 35.1 Å². The molecular formula is C25H20ClFN4O5S2. The number of benzene rings is 1. The molecule has 0 bridgehead atoms. The van der Waals surface area contributed by atoms with Gasteiger partial charge in [-0.1, -0.05) is 11.6 Å².